The molecule has 3 nitrogen and oxygen atoms in total. The highest BCUT2D eigenvalue weighted by Gasteiger charge is 2.24. The monoisotopic (exact) mass is 676 g/mol. The third-order valence-corrected chi connectivity index (χ3v) is 11.1. The maximum absolute atomic E-state index is 6.72. The van der Waals surface area contributed by atoms with Crippen LogP contribution in [0, 0.1) is 0 Å². The van der Waals surface area contributed by atoms with Gasteiger partial charge < -0.3 is 13.3 Å². The van der Waals surface area contributed by atoms with Crippen molar-refractivity contribution >= 4 is 87.2 Å². The summed E-state index contributed by atoms with van der Waals surface area (Å²) < 4.78 is 19.3. The summed E-state index contributed by atoms with van der Waals surface area (Å²) in [6.45, 7) is 0. The number of benzene rings is 9. The zero-order valence-electron chi connectivity index (χ0n) is 28.4. The van der Waals surface area contributed by atoms with E-state index in [1.807, 2.05) is 12.1 Å². The van der Waals surface area contributed by atoms with E-state index in [1.165, 1.54) is 54.6 Å². The number of rotatable bonds is 3. The molecule has 246 valence electrons. The molecule has 0 saturated heterocycles. The lowest BCUT2D eigenvalue weighted by Crippen LogP contribution is -1.92. The topological polar surface area (TPSA) is 39.4 Å². The number of fused-ring (bicyclic) bond motifs is 12. The lowest BCUT2D eigenvalue weighted by Gasteiger charge is -2.19. The quantitative estimate of drug-likeness (QED) is 0.175. The Morgan fingerprint density at radius 1 is 0.302 bits per heavy atom. The Bertz CT molecular complexity index is 3390. The molecular weight excluding hydrogens is 649 g/mol. The summed E-state index contributed by atoms with van der Waals surface area (Å²) in [5, 5.41) is 12.5. The minimum absolute atomic E-state index is 0.766. The Kier molecular flexibility index (Phi) is 5.77. The van der Waals surface area contributed by atoms with Gasteiger partial charge in [0.1, 0.15) is 16.7 Å². The highest BCUT2D eigenvalue weighted by molar-refractivity contribution is 6.30. The van der Waals surface area contributed by atoms with Gasteiger partial charge >= 0.3 is 0 Å². The summed E-state index contributed by atoms with van der Waals surface area (Å²) in [6.07, 6.45) is 1.77. The third kappa shape index (κ3) is 3.99. The highest BCUT2D eigenvalue weighted by atomic mass is 16.4. The van der Waals surface area contributed by atoms with Gasteiger partial charge in [-0.05, 0) is 102 Å². The molecule has 3 aromatic heterocycles. The Morgan fingerprint density at radius 2 is 0.887 bits per heavy atom. The SMILES string of the molecule is c1ccc(-c2ccc3oc4cc(-c5c6ccccc6c(-c6cc7c8ccccc8oc7c7occc67)c6ccccc56)c5ccccc5c4c3c2)cc1. The van der Waals surface area contributed by atoms with E-state index in [4.69, 9.17) is 13.3 Å². The van der Waals surface area contributed by atoms with E-state index < -0.39 is 0 Å². The van der Waals surface area contributed by atoms with Crippen LogP contribution in [-0.4, -0.2) is 0 Å². The fourth-order valence-corrected chi connectivity index (χ4v) is 8.87. The molecule has 9 aromatic carbocycles. The lowest BCUT2D eigenvalue weighted by molar-refractivity contribution is 0.600. The van der Waals surface area contributed by atoms with Crippen LogP contribution in [0.1, 0.15) is 0 Å². The van der Waals surface area contributed by atoms with Crippen LogP contribution in [0.5, 0.6) is 0 Å². The van der Waals surface area contributed by atoms with E-state index in [1.54, 1.807) is 6.26 Å². The van der Waals surface area contributed by atoms with Gasteiger partial charge in [-0.1, -0.05) is 127 Å². The Morgan fingerprint density at radius 3 is 1.60 bits per heavy atom. The number of para-hydroxylation sites is 1. The van der Waals surface area contributed by atoms with Crippen molar-refractivity contribution in [2.75, 3.05) is 0 Å². The van der Waals surface area contributed by atoms with E-state index in [0.29, 0.717) is 0 Å². The Hall–Kier alpha value is -7.10. The Labute approximate surface area is 302 Å². The molecule has 0 spiro atoms. The maximum Gasteiger partial charge on any atom is 0.178 e. The standard InChI is InChI=1S/C50H28O3/c1-2-12-29(13-3-1)30-22-23-44-42(26-30)48-33-16-5-4-14-31(33)40(28-45(48)52-44)47-36-19-8-6-17-34(36)46(35-18-7-9-20-37(35)47)39-27-41-32-15-10-11-21-43(32)53-50(41)49-38(39)24-25-51-49/h1-28H. The van der Waals surface area contributed by atoms with E-state index >= 15 is 0 Å². The van der Waals surface area contributed by atoms with Crippen molar-refractivity contribution in [1.29, 1.82) is 0 Å². The molecule has 0 radical (unpaired) electrons. The molecule has 0 bridgehead atoms. The van der Waals surface area contributed by atoms with Gasteiger partial charge in [-0.3, -0.25) is 0 Å². The van der Waals surface area contributed by atoms with Gasteiger partial charge in [0.05, 0.1) is 6.26 Å². The first-order chi connectivity index (χ1) is 26.3. The second-order valence-electron chi connectivity index (χ2n) is 13.9. The number of hydrogen-bond donors (Lipinski definition) is 0. The van der Waals surface area contributed by atoms with Crippen molar-refractivity contribution in [1.82, 2.24) is 0 Å². The molecule has 0 fully saturated rings. The normalized spacial score (nSPS) is 12.2. The molecule has 3 heterocycles. The van der Waals surface area contributed by atoms with Crippen LogP contribution < -0.4 is 0 Å². The van der Waals surface area contributed by atoms with Crippen molar-refractivity contribution in [3.8, 4) is 33.4 Å². The maximum atomic E-state index is 6.72. The van der Waals surface area contributed by atoms with Crippen molar-refractivity contribution in [2.45, 2.75) is 0 Å². The van der Waals surface area contributed by atoms with Gasteiger partial charge in [0.15, 0.2) is 11.2 Å². The average molecular weight is 677 g/mol. The second-order valence-corrected chi connectivity index (χ2v) is 13.9. The van der Waals surface area contributed by atoms with E-state index in [2.05, 4.69) is 152 Å². The van der Waals surface area contributed by atoms with Gasteiger partial charge in [0.25, 0.3) is 0 Å². The smallest absolute Gasteiger partial charge is 0.178 e. The molecule has 0 atom stereocenters. The molecule has 0 aliphatic rings. The predicted octanol–water partition coefficient (Wildman–Crippen LogP) is 14.7. The molecule has 0 unspecified atom stereocenters. The van der Waals surface area contributed by atoms with Gasteiger partial charge in [0.2, 0.25) is 0 Å². The summed E-state index contributed by atoms with van der Waals surface area (Å²) in [4.78, 5) is 0. The lowest BCUT2D eigenvalue weighted by atomic mass is 9.83. The zero-order chi connectivity index (χ0) is 34.6. The van der Waals surface area contributed by atoms with Gasteiger partial charge in [-0.25, -0.2) is 0 Å². The van der Waals surface area contributed by atoms with Crippen LogP contribution in [0.4, 0.5) is 0 Å². The molecule has 0 aliphatic carbocycles. The van der Waals surface area contributed by atoms with Crippen molar-refractivity contribution < 1.29 is 13.3 Å². The van der Waals surface area contributed by atoms with Crippen molar-refractivity contribution in [2.24, 2.45) is 0 Å². The van der Waals surface area contributed by atoms with Gasteiger partial charge in [-0.15, -0.1) is 0 Å². The van der Waals surface area contributed by atoms with Crippen LogP contribution in [0.3, 0.4) is 0 Å². The highest BCUT2D eigenvalue weighted by Crippen LogP contribution is 2.50. The molecule has 0 amide bonds. The molecule has 53 heavy (non-hydrogen) atoms. The third-order valence-electron chi connectivity index (χ3n) is 11.1. The van der Waals surface area contributed by atoms with E-state index in [-0.39, 0.29) is 0 Å². The van der Waals surface area contributed by atoms with Crippen LogP contribution in [0.2, 0.25) is 0 Å². The summed E-state index contributed by atoms with van der Waals surface area (Å²) in [7, 11) is 0. The number of furan rings is 3. The fourth-order valence-electron chi connectivity index (χ4n) is 8.87. The zero-order valence-corrected chi connectivity index (χ0v) is 28.4. The van der Waals surface area contributed by atoms with Gasteiger partial charge in [0, 0.05) is 26.9 Å². The van der Waals surface area contributed by atoms with E-state index in [0.717, 1.165) is 66.0 Å². The first kappa shape index (κ1) is 28.6. The molecule has 12 rings (SSSR count). The molecular formula is C50H28O3. The molecule has 12 aromatic rings. The summed E-state index contributed by atoms with van der Waals surface area (Å²) in [5.74, 6) is 0. The minimum atomic E-state index is 0.766. The first-order valence-corrected chi connectivity index (χ1v) is 18.0. The molecule has 0 aliphatic heterocycles. The average Bonchev–Trinajstić information content (AvgIpc) is 3.95. The summed E-state index contributed by atoms with van der Waals surface area (Å²) in [5.41, 5.74) is 11.2. The first-order valence-electron chi connectivity index (χ1n) is 18.0. The largest absolute Gasteiger partial charge is 0.460 e. The fraction of sp³-hybridized carbons (Fsp3) is 0. The van der Waals surface area contributed by atoms with E-state index in [9.17, 15) is 0 Å². The minimum Gasteiger partial charge on any atom is -0.460 e. The summed E-state index contributed by atoms with van der Waals surface area (Å²) in [6, 6.07) is 58.4. The Balaban J connectivity index is 1.19. The van der Waals surface area contributed by atoms with Crippen molar-refractivity contribution in [3.05, 3.63) is 170 Å². The van der Waals surface area contributed by atoms with Gasteiger partial charge in [-0.2, -0.15) is 0 Å². The molecule has 0 N–H and O–H groups in total. The van der Waals surface area contributed by atoms with Crippen LogP contribution in [0.25, 0.3) is 121 Å². The second kappa shape index (κ2) is 10.7. The van der Waals surface area contributed by atoms with Crippen LogP contribution in [0.15, 0.2) is 183 Å². The molecule has 0 saturated carbocycles. The van der Waals surface area contributed by atoms with Crippen LogP contribution >= 0.6 is 0 Å². The summed E-state index contributed by atoms with van der Waals surface area (Å²) >= 11 is 0. The van der Waals surface area contributed by atoms with Crippen LogP contribution in [-0.2, 0) is 0 Å². The molecule has 3 heteroatoms. The number of hydrogen-bond acceptors (Lipinski definition) is 3. The van der Waals surface area contributed by atoms with Crippen molar-refractivity contribution in [3.63, 3.8) is 0 Å². The predicted molar refractivity (Wildman–Crippen MR) is 220 cm³/mol.